The van der Waals surface area contributed by atoms with Crippen LogP contribution < -0.4 is 9.47 Å². The van der Waals surface area contributed by atoms with E-state index in [1.807, 2.05) is 6.92 Å². The van der Waals surface area contributed by atoms with Crippen molar-refractivity contribution in [2.45, 2.75) is 19.9 Å². The van der Waals surface area contributed by atoms with E-state index in [9.17, 15) is 14.4 Å². The lowest BCUT2D eigenvalue weighted by Gasteiger charge is -2.18. The molecule has 1 atom stereocenters. The van der Waals surface area contributed by atoms with Crippen LogP contribution in [0.4, 0.5) is 4.79 Å². The summed E-state index contributed by atoms with van der Waals surface area (Å²) in [4.78, 5) is 37.5. The lowest BCUT2D eigenvalue weighted by molar-refractivity contribution is -0.148. The molecule has 0 N–H and O–H groups in total. The number of carbonyl (C=O) groups excluding carboxylic acids is 3. The Hall–Kier alpha value is -2.00. The quantitative estimate of drug-likeness (QED) is 0.491. The van der Waals surface area contributed by atoms with Crippen LogP contribution in [-0.2, 0) is 14.3 Å². The Morgan fingerprint density at radius 3 is 2.62 bits per heavy atom. The third-order valence-electron chi connectivity index (χ3n) is 3.59. The number of halogens is 1. The number of hydrogen-bond donors (Lipinski definition) is 0. The summed E-state index contributed by atoms with van der Waals surface area (Å²) in [6, 6.07) is 2.48. The second-order valence-electron chi connectivity index (χ2n) is 5.22. The first kappa shape index (κ1) is 20.3. The summed E-state index contributed by atoms with van der Waals surface area (Å²) in [5, 5.41) is -0.517. The minimum absolute atomic E-state index is 0.213. The van der Waals surface area contributed by atoms with Gasteiger partial charge in [0.15, 0.2) is 11.5 Å². The highest BCUT2D eigenvalue weighted by molar-refractivity contribution is 9.10. The normalized spacial score (nSPS) is 16.8. The number of nitrogens with zero attached hydrogens (tertiary/aromatic N) is 1. The summed E-state index contributed by atoms with van der Waals surface area (Å²) >= 11 is 4.17. The monoisotopic (exact) mass is 443 g/mol. The van der Waals surface area contributed by atoms with Crippen molar-refractivity contribution >= 4 is 50.9 Å². The van der Waals surface area contributed by atoms with Gasteiger partial charge in [-0.3, -0.25) is 14.5 Å². The molecule has 0 bridgehead atoms. The maximum Gasteiger partial charge on any atom is 0.328 e. The molecule has 1 fully saturated rings. The molecule has 2 rings (SSSR count). The van der Waals surface area contributed by atoms with Gasteiger partial charge in [-0.1, -0.05) is 0 Å². The molecule has 1 aliphatic heterocycles. The van der Waals surface area contributed by atoms with Gasteiger partial charge in [-0.05, 0) is 65.3 Å². The molecule has 140 valence electrons. The Morgan fingerprint density at radius 2 is 2.04 bits per heavy atom. The predicted molar refractivity (Wildman–Crippen MR) is 101 cm³/mol. The predicted octanol–water partition coefficient (Wildman–Crippen LogP) is 3.45. The zero-order valence-corrected chi connectivity index (χ0v) is 17.1. The Balaban J connectivity index is 2.37. The molecule has 1 saturated heterocycles. The van der Waals surface area contributed by atoms with Gasteiger partial charge in [0, 0.05) is 0 Å². The molecule has 1 heterocycles. The number of esters is 1. The summed E-state index contributed by atoms with van der Waals surface area (Å²) in [7, 11) is 2.74. The van der Waals surface area contributed by atoms with Gasteiger partial charge in [0.2, 0.25) is 0 Å². The lowest BCUT2D eigenvalue weighted by atomic mass is 10.1. The Bertz CT molecular complexity index is 779. The van der Waals surface area contributed by atoms with Crippen molar-refractivity contribution in [3.8, 4) is 11.5 Å². The van der Waals surface area contributed by atoms with Crippen molar-refractivity contribution in [1.29, 1.82) is 0 Å². The van der Waals surface area contributed by atoms with Crippen LogP contribution in [0.15, 0.2) is 21.5 Å². The largest absolute Gasteiger partial charge is 0.492 e. The Labute approximate surface area is 163 Å². The van der Waals surface area contributed by atoms with E-state index in [0.29, 0.717) is 28.1 Å². The molecule has 2 amide bonds. The maximum atomic E-state index is 12.5. The zero-order chi connectivity index (χ0) is 19.4. The second-order valence-corrected chi connectivity index (χ2v) is 7.07. The first-order valence-electron chi connectivity index (χ1n) is 7.69. The average Bonchev–Trinajstić information content (AvgIpc) is 2.87. The minimum Gasteiger partial charge on any atom is -0.492 e. The van der Waals surface area contributed by atoms with E-state index in [1.54, 1.807) is 18.2 Å². The third kappa shape index (κ3) is 4.04. The molecular formula is C17H18BrNO6S. The van der Waals surface area contributed by atoms with Gasteiger partial charge in [-0.2, -0.15) is 0 Å². The summed E-state index contributed by atoms with van der Waals surface area (Å²) < 4.78 is 16.1. The first-order valence-corrected chi connectivity index (χ1v) is 9.30. The molecule has 0 unspecified atom stereocenters. The fourth-order valence-corrected chi connectivity index (χ4v) is 3.90. The first-order chi connectivity index (χ1) is 12.3. The number of methoxy groups -OCH3 is 2. The number of benzene rings is 1. The van der Waals surface area contributed by atoms with Crippen LogP contribution in [0.5, 0.6) is 11.5 Å². The summed E-state index contributed by atoms with van der Waals surface area (Å²) in [5.74, 6) is -0.142. The van der Waals surface area contributed by atoms with Crippen molar-refractivity contribution in [3.05, 3.63) is 27.1 Å². The Morgan fingerprint density at radius 1 is 1.35 bits per heavy atom. The number of imide groups is 1. The van der Waals surface area contributed by atoms with E-state index < -0.39 is 23.2 Å². The van der Waals surface area contributed by atoms with E-state index in [2.05, 4.69) is 20.7 Å². The molecular weight excluding hydrogens is 426 g/mol. The van der Waals surface area contributed by atoms with Crippen LogP contribution in [0.3, 0.4) is 0 Å². The molecule has 0 aromatic heterocycles. The molecule has 0 saturated carbocycles. The van der Waals surface area contributed by atoms with Gasteiger partial charge >= 0.3 is 5.97 Å². The number of rotatable bonds is 6. The highest BCUT2D eigenvalue weighted by Crippen LogP contribution is 2.39. The molecule has 0 aliphatic carbocycles. The van der Waals surface area contributed by atoms with Gasteiger partial charge in [0.1, 0.15) is 6.04 Å². The van der Waals surface area contributed by atoms with Crippen LogP contribution in [0.2, 0.25) is 0 Å². The second kappa shape index (κ2) is 8.59. The SMILES string of the molecule is CCOc1cc(/C=C2/SC(=O)N([C@@H](C)C(=O)OC)C2=O)cc(Br)c1OC. The van der Waals surface area contributed by atoms with Crippen LogP contribution in [0.25, 0.3) is 6.08 Å². The van der Waals surface area contributed by atoms with E-state index >= 15 is 0 Å². The van der Waals surface area contributed by atoms with Gasteiger partial charge in [-0.25, -0.2) is 4.79 Å². The molecule has 1 aromatic carbocycles. The number of ether oxygens (including phenoxy) is 3. The number of hydrogen-bond acceptors (Lipinski definition) is 7. The van der Waals surface area contributed by atoms with Crippen molar-refractivity contribution in [1.82, 2.24) is 4.90 Å². The van der Waals surface area contributed by atoms with Crippen LogP contribution in [0, 0.1) is 0 Å². The zero-order valence-electron chi connectivity index (χ0n) is 14.7. The van der Waals surface area contributed by atoms with E-state index in [-0.39, 0.29) is 4.91 Å². The van der Waals surface area contributed by atoms with Crippen molar-refractivity contribution in [2.24, 2.45) is 0 Å². The van der Waals surface area contributed by atoms with Crippen LogP contribution in [-0.4, -0.2) is 48.9 Å². The average molecular weight is 444 g/mol. The van der Waals surface area contributed by atoms with Crippen LogP contribution >= 0.6 is 27.7 Å². The molecule has 7 nitrogen and oxygen atoms in total. The standard InChI is InChI=1S/C17H18BrNO6S/c1-5-25-12-7-10(6-11(18)14(12)23-3)8-13-15(20)19(17(22)26-13)9(2)16(21)24-4/h6-9H,5H2,1-4H3/b13-8+/t9-/m0/s1. The van der Waals surface area contributed by atoms with Crippen molar-refractivity contribution in [3.63, 3.8) is 0 Å². The number of amides is 2. The molecule has 26 heavy (non-hydrogen) atoms. The number of carbonyl (C=O) groups is 3. The lowest BCUT2D eigenvalue weighted by Crippen LogP contribution is -2.42. The van der Waals surface area contributed by atoms with Crippen LogP contribution in [0.1, 0.15) is 19.4 Å². The molecule has 0 radical (unpaired) electrons. The smallest absolute Gasteiger partial charge is 0.328 e. The summed E-state index contributed by atoms with van der Waals surface area (Å²) in [5.41, 5.74) is 0.650. The highest BCUT2D eigenvalue weighted by atomic mass is 79.9. The highest BCUT2D eigenvalue weighted by Gasteiger charge is 2.41. The van der Waals surface area contributed by atoms with Gasteiger partial charge < -0.3 is 14.2 Å². The topological polar surface area (TPSA) is 82.1 Å². The maximum absolute atomic E-state index is 12.5. The minimum atomic E-state index is -0.986. The summed E-state index contributed by atoms with van der Waals surface area (Å²) in [6.07, 6.45) is 1.57. The van der Waals surface area contributed by atoms with Gasteiger partial charge in [-0.15, -0.1) is 0 Å². The van der Waals surface area contributed by atoms with Crippen molar-refractivity contribution in [2.75, 3.05) is 20.8 Å². The van der Waals surface area contributed by atoms with E-state index in [0.717, 1.165) is 16.7 Å². The molecule has 1 aromatic rings. The molecule has 1 aliphatic rings. The summed E-state index contributed by atoms with van der Waals surface area (Å²) in [6.45, 7) is 3.74. The molecule has 9 heteroatoms. The fourth-order valence-electron chi connectivity index (χ4n) is 2.37. The van der Waals surface area contributed by atoms with E-state index in [4.69, 9.17) is 9.47 Å². The van der Waals surface area contributed by atoms with Crippen molar-refractivity contribution < 1.29 is 28.6 Å². The van der Waals surface area contributed by atoms with E-state index in [1.165, 1.54) is 21.1 Å². The molecule has 0 spiro atoms. The third-order valence-corrected chi connectivity index (χ3v) is 5.06. The van der Waals surface area contributed by atoms with Gasteiger partial charge in [0.25, 0.3) is 11.1 Å². The Kier molecular flexibility index (Phi) is 6.71. The number of thioether (sulfide) groups is 1. The van der Waals surface area contributed by atoms with Gasteiger partial charge in [0.05, 0.1) is 30.2 Å². The fraction of sp³-hybridized carbons (Fsp3) is 0.353.